The largest absolute Gasteiger partial charge is 0.482 e. The molecule has 1 atom stereocenters. The zero-order valence-electron chi connectivity index (χ0n) is 10.8. The molecule has 2 rings (SSSR count). The Kier molecular flexibility index (Phi) is 4.24. The van der Waals surface area contributed by atoms with Gasteiger partial charge in [0.05, 0.1) is 6.61 Å². The van der Waals surface area contributed by atoms with Crippen LogP contribution in [0.2, 0.25) is 0 Å². The van der Waals surface area contributed by atoms with Gasteiger partial charge in [-0.2, -0.15) is 0 Å². The van der Waals surface area contributed by atoms with Crippen molar-refractivity contribution in [1.82, 2.24) is 0 Å². The van der Waals surface area contributed by atoms with Gasteiger partial charge in [-0.15, -0.1) is 0 Å². The molecule has 1 aromatic carbocycles. The van der Waals surface area contributed by atoms with E-state index in [-0.39, 0.29) is 12.6 Å². The summed E-state index contributed by atoms with van der Waals surface area (Å²) in [5, 5.41) is 0. The first-order valence-corrected chi connectivity index (χ1v) is 6.43. The van der Waals surface area contributed by atoms with Gasteiger partial charge < -0.3 is 9.47 Å². The maximum Gasteiger partial charge on any atom is 0.344 e. The van der Waals surface area contributed by atoms with E-state index in [0.717, 1.165) is 25.0 Å². The number of ether oxygens (including phenoxy) is 2. The van der Waals surface area contributed by atoms with Gasteiger partial charge in [0.15, 0.2) is 6.61 Å². The molecule has 0 spiro atoms. The van der Waals surface area contributed by atoms with E-state index in [0.29, 0.717) is 12.5 Å². The lowest BCUT2D eigenvalue weighted by molar-refractivity contribution is -0.145. The number of carbonyl (C=O) groups is 1. The first-order chi connectivity index (χ1) is 8.70. The molecular formula is C15H19O3. The second kappa shape index (κ2) is 5.89. The molecule has 0 saturated heterocycles. The summed E-state index contributed by atoms with van der Waals surface area (Å²) >= 11 is 0. The van der Waals surface area contributed by atoms with Crippen LogP contribution in [0.3, 0.4) is 0 Å². The smallest absolute Gasteiger partial charge is 0.344 e. The van der Waals surface area contributed by atoms with E-state index in [2.05, 4.69) is 13.0 Å². The van der Waals surface area contributed by atoms with Crippen LogP contribution in [0, 0.1) is 12.8 Å². The van der Waals surface area contributed by atoms with Gasteiger partial charge >= 0.3 is 5.97 Å². The highest BCUT2D eigenvalue weighted by molar-refractivity contribution is 5.71. The summed E-state index contributed by atoms with van der Waals surface area (Å²) in [6.45, 7) is 6.27. The van der Waals surface area contributed by atoms with Crippen molar-refractivity contribution in [3.05, 3.63) is 36.2 Å². The van der Waals surface area contributed by atoms with Crippen molar-refractivity contribution >= 4 is 5.97 Å². The van der Waals surface area contributed by atoms with Crippen molar-refractivity contribution < 1.29 is 14.3 Å². The van der Waals surface area contributed by atoms with Gasteiger partial charge in [0.2, 0.25) is 0 Å². The van der Waals surface area contributed by atoms with Crippen molar-refractivity contribution in [3.8, 4) is 5.75 Å². The predicted molar refractivity (Wildman–Crippen MR) is 69.4 cm³/mol. The Morgan fingerprint density at radius 3 is 3.11 bits per heavy atom. The van der Waals surface area contributed by atoms with Crippen LogP contribution in [0.25, 0.3) is 0 Å². The van der Waals surface area contributed by atoms with E-state index in [4.69, 9.17) is 9.47 Å². The molecule has 0 saturated carbocycles. The standard InChI is InChI=1S/C15H19O3/c1-3-17-15(16)10-18-14-6-4-5-12-9-11(2)7-8-13(12)14/h4-6,11H,2-3,7-10H2,1H3. The predicted octanol–water partition coefficient (Wildman–Crippen LogP) is 2.57. The molecule has 0 aliphatic heterocycles. The minimum atomic E-state index is -0.319. The maximum absolute atomic E-state index is 11.3. The second-order valence-electron chi connectivity index (χ2n) is 4.60. The van der Waals surface area contributed by atoms with Crippen LogP contribution in [-0.2, 0) is 22.4 Å². The molecule has 3 nitrogen and oxygen atoms in total. The number of hydrogen-bond acceptors (Lipinski definition) is 3. The molecule has 0 amide bonds. The van der Waals surface area contributed by atoms with Gasteiger partial charge in [-0.1, -0.05) is 12.1 Å². The Labute approximate surface area is 108 Å². The zero-order valence-corrected chi connectivity index (χ0v) is 10.8. The van der Waals surface area contributed by atoms with E-state index >= 15 is 0 Å². The average Bonchev–Trinajstić information content (AvgIpc) is 2.36. The van der Waals surface area contributed by atoms with Crippen LogP contribution >= 0.6 is 0 Å². The molecule has 18 heavy (non-hydrogen) atoms. The minimum absolute atomic E-state index is 0.0158. The van der Waals surface area contributed by atoms with Crippen molar-refractivity contribution in [2.75, 3.05) is 13.2 Å². The Balaban J connectivity index is 2.05. The van der Waals surface area contributed by atoms with Gasteiger partial charge in [0.25, 0.3) is 0 Å². The lowest BCUT2D eigenvalue weighted by Crippen LogP contribution is -2.17. The molecule has 1 unspecified atom stereocenters. The fourth-order valence-corrected chi connectivity index (χ4v) is 2.32. The van der Waals surface area contributed by atoms with Crippen LogP contribution < -0.4 is 4.74 Å². The first kappa shape index (κ1) is 12.9. The summed E-state index contributed by atoms with van der Waals surface area (Å²) in [6.07, 6.45) is 3.04. The SMILES string of the molecule is [CH2]C1CCc2c(cccc2OCC(=O)OCC)C1. The average molecular weight is 247 g/mol. The summed E-state index contributed by atoms with van der Waals surface area (Å²) in [4.78, 5) is 11.3. The third kappa shape index (κ3) is 3.03. The van der Waals surface area contributed by atoms with Crippen LogP contribution in [0.4, 0.5) is 0 Å². The summed E-state index contributed by atoms with van der Waals surface area (Å²) in [5.41, 5.74) is 2.52. The summed E-state index contributed by atoms with van der Waals surface area (Å²) in [5.74, 6) is 0.978. The van der Waals surface area contributed by atoms with Gasteiger partial charge in [-0.3, -0.25) is 0 Å². The Hall–Kier alpha value is -1.51. The van der Waals surface area contributed by atoms with E-state index in [9.17, 15) is 4.79 Å². The fraction of sp³-hybridized carbons (Fsp3) is 0.467. The molecule has 0 heterocycles. The summed E-state index contributed by atoms with van der Waals surface area (Å²) in [7, 11) is 0. The summed E-state index contributed by atoms with van der Waals surface area (Å²) < 4.78 is 10.4. The molecule has 1 aromatic rings. The van der Waals surface area contributed by atoms with Gasteiger partial charge in [-0.05, 0) is 56.2 Å². The maximum atomic E-state index is 11.3. The third-order valence-corrected chi connectivity index (χ3v) is 3.19. The van der Waals surface area contributed by atoms with Crippen LogP contribution in [0.1, 0.15) is 24.5 Å². The van der Waals surface area contributed by atoms with Crippen molar-refractivity contribution in [1.29, 1.82) is 0 Å². The zero-order chi connectivity index (χ0) is 13.0. The number of rotatable bonds is 4. The molecule has 1 aliphatic carbocycles. The van der Waals surface area contributed by atoms with E-state index in [1.54, 1.807) is 6.92 Å². The van der Waals surface area contributed by atoms with Crippen molar-refractivity contribution in [3.63, 3.8) is 0 Å². The normalized spacial score (nSPS) is 18.0. The second-order valence-corrected chi connectivity index (χ2v) is 4.60. The Bertz CT molecular complexity index is 426. The third-order valence-electron chi connectivity index (χ3n) is 3.19. The molecule has 0 bridgehead atoms. The first-order valence-electron chi connectivity index (χ1n) is 6.43. The van der Waals surface area contributed by atoms with E-state index in [1.807, 2.05) is 12.1 Å². The minimum Gasteiger partial charge on any atom is -0.482 e. The lowest BCUT2D eigenvalue weighted by Gasteiger charge is -2.23. The van der Waals surface area contributed by atoms with Crippen molar-refractivity contribution in [2.24, 2.45) is 5.92 Å². The Morgan fingerprint density at radius 2 is 2.33 bits per heavy atom. The highest BCUT2D eigenvalue weighted by Gasteiger charge is 2.18. The monoisotopic (exact) mass is 247 g/mol. The van der Waals surface area contributed by atoms with Gasteiger partial charge in [0, 0.05) is 0 Å². The number of hydrogen-bond donors (Lipinski definition) is 0. The molecule has 0 aromatic heterocycles. The van der Waals surface area contributed by atoms with Crippen LogP contribution in [-0.4, -0.2) is 19.2 Å². The molecule has 97 valence electrons. The number of esters is 1. The summed E-state index contributed by atoms with van der Waals surface area (Å²) in [6, 6.07) is 6.00. The highest BCUT2D eigenvalue weighted by Crippen LogP contribution is 2.31. The van der Waals surface area contributed by atoms with Crippen LogP contribution in [0.15, 0.2) is 18.2 Å². The highest BCUT2D eigenvalue weighted by atomic mass is 16.6. The fourth-order valence-electron chi connectivity index (χ4n) is 2.32. The Morgan fingerprint density at radius 1 is 1.50 bits per heavy atom. The van der Waals surface area contributed by atoms with E-state index < -0.39 is 0 Å². The topological polar surface area (TPSA) is 35.5 Å². The molecule has 3 heteroatoms. The lowest BCUT2D eigenvalue weighted by atomic mass is 9.84. The molecule has 0 N–H and O–H groups in total. The van der Waals surface area contributed by atoms with Crippen molar-refractivity contribution in [2.45, 2.75) is 26.2 Å². The van der Waals surface area contributed by atoms with Gasteiger partial charge in [-0.25, -0.2) is 4.79 Å². The van der Waals surface area contributed by atoms with Gasteiger partial charge in [0.1, 0.15) is 5.75 Å². The number of carbonyl (C=O) groups excluding carboxylic acids is 1. The van der Waals surface area contributed by atoms with E-state index in [1.165, 1.54) is 11.1 Å². The number of fused-ring (bicyclic) bond motifs is 1. The quantitative estimate of drug-likeness (QED) is 0.767. The number of benzene rings is 1. The molecule has 1 aliphatic rings. The van der Waals surface area contributed by atoms with Crippen LogP contribution in [0.5, 0.6) is 5.75 Å². The molecule has 1 radical (unpaired) electrons. The molecular weight excluding hydrogens is 228 g/mol. The molecule has 0 fully saturated rings.